The molecule has 0 spiro atoms. The van der Waals surface area contributed by atoms with E-state index in [2.05, 4.69) is 10.0 Å². The second-order valence-corrected chi connectivity index (χ2v) is 4.08. The van der Waals surface area contributed by atoms with E-state index in [0.717, 1.165) is 5.56 Å². The molecule has 6 nitrogen and oxygen atoms in total. The number of benzene rings is 1. The summed E-state index contributed by atoms with van der Waals surface area (Å²) in [6, 6.07) is 6.94. The predicted octanol–water partition coefficient (Wildman–Crippen LogP) is 3.45. The third kappa shape index (κ3) is 5.84. The van der Waals surface area contributed by atoms with Crippen molar-refractivity contribution >= 4 is 17.8 Å². The molecule has 1 N–H and O–H groups in total. The minimum absolute atomic E-state index is 0.0106. The number of hydrogen-bond acceptors (Lipinski definition) is 3. The van der Waals surface area contributed by atoms with Gasteiger partial charge in [-0.05, 0) is 17.5 Å². The molecule has 0 unspecified atom stereocenters. The Morgan fingerprint density at radius 2 is 1.95 bits per heavy atom. The van der Waals surface area contributed by atoms with Crippen molar-refractivity contribution < 1.29 is 14.7 Å². The number of hydrogen-bond donors (Lipinski definition) is 1. The number of azide groups is 1. The summed E-state index contributed by atoms with van der Waals surface area (Å²) < 4.78 is 0. The zero-order chi connectivity index (χ0) is 14.8. The second kappa shape index (κ2) is 8.50. The molecular formula is C14H15N3O3. The van der Waals surface area contributed by atoms with Gasteiger partial charge in [0.15, 0.2) is 5.78 Å². The molecule has 1 aromatic rings. The van der Waals surface area contributed by atoms with E-state index in [1.807, 2.05) is 12.2 Å². The molecule has 0 saturated heterocycles. The molecule has 0 aliphatic rings. The number of Topliss-reactive ketones (excluding diaryl/α,β-unsaturated/α-hetero) is 1. The van der Waals surface area contributed by atoms with E-state index in [-0.39, 0.29) is 18.6 Å². The van der Waals surface area contributed by atoms with Gasteiger partial charge in [0, 0.05) is 23.4 Å². The summed E-state index contributed by atoms with van der Waals surface area (Å²) in [4.78, 5) is 24.7. The molecule has 0 heterocycles. The van der Waals surface area contributed by atoms with Gasteiger partial charge in [0.25, 0.3) is 0 Å². The molecule has 0 amide bonds. The molecule has 1 aromatic carbocycles. The van der Waals surface area contributed by atoms with Crippen LogP contribution in [0.1, 0.15) is 35.2 Å². The Hall–Kier alpha value is -2.59. The van der Waals surface area contributed by atoms with Crippen molar-refractivity contribution in [1.82, 2.24) is 0 Å². The SMILES string of the molecule is [N-]=[N+]=NCCC=Cc1ccc(C(=O)CCC(=O)O)cc1. The van der Waals surface area contributed by atoms with Gasteiger partial charge in [0.1, 0.15) is 0 Å². The highest BCUT2D eigenvalue weighted by molar-refractivity contribution is 5.97. The fourth-order valence-electron chi connectivity index (χ4n) is 1.54. The first-order valence-electron chi connectivity index (χ1n) is 6.16. The molecule has 1 rings (SSSR count). The van der Waals surface area contributed by atoms with Gasteiger partial charge in [-0.1, -0.05) is 41.5 Å². The normalized spacial score (nSPS) is 10.2. The van der Waals surface area contributed by atoms with Crippen LogP contribution in [0.2, 0.25) is 0 Å². The van der Waals surface area contributed by atoms with E-state index in [1.165, 1.54) is 0 Å². The van der Waals surface area contributed by atoms with Gasteiger partial charge in [-0.15, -0.1) is 0 Å². The number of carbonyl (C=O) groups excluding carboxylic acids is 1. The monoisotopic (exact) mass is 273 g/mol. The van der Waals surface area contributed by atoms with Crippen LogP contribution in [0.5, 0.6) is 0 Å². The summed E-state index contributed by atoms with van der Waals surface area (Å²) in [6.45, 7) is 0.415. The fourth-order valence-corrected chi connectivity index (χ4v) is 1.54. The third-order valence-electron chi connectivity index (χ3n) is 2.57. The average Bonchev–Trinajstić information content (AvgIpc) is 2.45. The van der Waals surface area contributed by atoms with E-state index < -0.39 is 5.97 Å². The number of ketones is 1. The standard InChI is InChI=1S/C14H15N3O3/c15-17-16-10-2-1-3-11-4-6-12(7-5-11)13(18)8-9-14(19)20/h1,3-7H,2,8-10H2,(H,19,20). The molecule has 0 bridgehead atoms. The van der Waals surface area contributed by atoms with Crippen molar-refractivity contribution in [2.45, 2.75) is 19.3 Å². The summed E-state index contributed by atoms with van der Waals surface area (Å²) in [5, 5.41) is 11.9. The van der Waals surface area contributed by atoms with Gasteiger partial charge in [-0.25, -0.2) is 0 Å². The number of nitrogens with zero attached hydrogens (tertiary/aromatic N) is 3. The smallest absolute Gasteiger partial charge is 0.303 e. The van der Waals surface area contributed by atoms with Crippen LogP contribution in [-0.2, 0) is 4.79 Å². The molecule has 104 valence electrons. The molecule has 0 saturated carbocycles. The first kappa shape index (κ1) is 15.5. The number of rotatable bonds is 8. The zero-order valence-corrected chi connectivity index (χ0v) is 10.9. The Bertz CT molecular complexity index is 543. The van der Waals surface area contributed by atoms with Crippen LogP contribution in [0.25, 0.3) is 16.5 Å². The third-order valence-corrected chi connectivity index (χ3v) is 2.57. The minimum atomic E-state index is -0.974. The Morgan fingerprint density at radius 1 is 1.25 bits per heavy atom. The maximum absolute atomic E-state index is 11.7. The van der Waals surface area contributed by atoms with Crippen LogP contribution in [0.3, 0.4) is 0 Å². The Morgan fingerprint density at radius 3 is 2.55 bits per heavy atom. The summed E-state index contributed by atoms with van der Waals surface area (Å²) in [5.41, 5.74) is 9.55. The van der Waals surface area contributed by atoms with E-state index >= 15 is 0 Å². The van der Waals surface area contributed by atoms with Crippen LogP contribution >= 0.6 is 0 Å². The van der Waals surface area contributed by atoms with Crippen LogP contribution in [0.15, 0.2) is 35.5 Å². The van der Waals surface area contributed by atoms with Gasteiger partial charge >= 0.3 is 5.97 Å². The topological polar surface area (TPSA) is 103 Å². The van der Waals surface area contributed by atoms with Gasteiger partial charge in [0.2, 0.25) is 0 Å². The van der Waals surface area contributed by atoms with E-state index in [1.54, 1.807) is 24.3 Å². The van der Waals surface area contributed by atoms with E-state index in [0.29, 0.717) is 18.5 Å². The van der Waals surface area contributed by atoms with Gasteiger partial charge < -0.3 is 5.11 Å². The zero-order valence-electron chi connectivity index (χ0n) is 10.9. The van der Waals surface area contributed by atoms with Crippen molar-refractivity contribution in [2.75, 3.05) is 6.54 Å². The molecule has 0 radical (unpaired) electrons. The van der Waals surface area contributed by atoms with Crippen molar-refractivity contribution in [1.29, 1.82) is 0 Å². The molecule has 0 atom stereocenters. The molecule has 20 heavy (non-hydrogen) atoms. The summed E-state index contributed by atoms with van der Waals surface area (Å²) in [7, 11) is 0. The largest absolute Gasteiger partial charge is 0.481 e. The minimum Gasteiger partial charge on any atom is -0.481 e. The van der Waals surface area contributed by atoms with Crippen molar-refractivity contribution in [3.63, 3.8) is 0 Å². The Labute approximate surface area is 116 Å². The second-order valence-electron chi connectivity index (χ2n) is 4.08. The quantitative estimate of drug-likeness (QED) is 0.258. The van der Waals surface area contributed by atoms with Crippen LogP contribution < -0.4 is 0 Å². The Balaban J connectivity index is 2.53. The highest BCUT2D eigenvalue weighted by atomic mass is 16.4. The lowest BCUT2D eigenvalue weighted by molar-refractivity contribution is -0.136. The molecule has 0 aliphatic carbocycles. The molecule has 0 fully saturated rings. The lowest BCUT2D eigenvalue weighted by Crippen LogP contribution is -2.03. The highest BCUT2D eigenvalue weighted by Crippen LogP contribution is 2.10. The molecule has 0 aromatic heterocycles. The van der Waals surface area contributed by atoms with E-state index in [9.17, 15) is 9.59 Å². The number of carboxylic acids is 1. The van der Waals surface area contributed by atoms with Crippen LogP contribution in [-0.4, -0.2) is 23.4 Å². The average molecular weight is 273 g/mol. The van der Waals surface area contributed by atoms with Crippen LogP contribution in [0, 0.1) is 0 Å². The van der Waals surface area contributed by atoms with E-state index in [4.69, 9.17) is 10.6 Å². The van der Waals surface area contributed by atoms with Gasteiger partial charge in [-0.2, -0.15) is 0 Å². The maximum Gasteiger partial charge on any atom is 0.303 e. The van der Waals surface area contributed by atoms with Crippen molar-refractivity contribution in [3.05, 3.63) is 51.9 Å². The lowest BCUT2D eigenvalue weighted by atomic mass is 10.0. The fraction of sp³-hybridized carbons (Fsp3) is 0.286. The molecular weight excluding hydrogens is 258 g/mol. The maximum atomic E-state index is 11.7. The number of carboxylic acid groups (broad SMARTS) is 1. The first-order chi connectivity index (χ1) is 9.63. The van der Waals surface area contributed by atoms with Gasteiger partial charge in [-0.3, -0.25) is 9.59 Å². The predicted molar refractivity (Wildman–Crippen MR) is 75.3 cm³/mol. The summed E-state index contributed by atoms with van der Waals surface area (Å²) in [6.07, 6.45) is 4.27. The summed E-state index contributed by atoms with van der Waals surface area (Å²) >= 11 is 0. The first-order valence-corrected chi connectivity index (χ1v) is 6.16. The molecule has 6 heteroatoms. The van der Waals surface area contributed by atoms with Crippen LogP contribution in [0.4, 0.5) is 0 Å². The number of carbonyl (C=O) groups is 2. The van der Waals surface area contributed by atoms with Gasteiger partial charge in [0.05, 0.1) is 6.42 Å². The summed E-state index contributed by atoms with van der Waals surface area (Å²) in [5.74, 6) is -1.15. The lowest BCUT2D eigenvalue weighted by Gasteiger charge is -2.00. The molecule has 0 aliphatic heterocycles. The Kier molecular flexibility index (Phi) is 6.57. The van der Waals surface area contributed by atoms with Crippen molar-refractivity contribution in [2.24, 2.45) is 5.11 Å². The number of aliphatic carboxylic acids is 1. The highest BCUT2D eigenvalue weighted by Gasteiger charge is 2.07. The van der Waals surface area contributed by atoms with Crippen molar-refractivity contribution in [3.8, 4) is 0 Å².